The maximum absolute atomic E-state index is 12.8. The fourth-order valence-corrected chi connectivity index (χ4v) is 4.30. The molecule has 6 nitrogen and oxygen atoms in total. The molecular formula is C21H19ClN4O2S. The van der Waals surface area contributed by atoms with E-state index in [2.05, 4.69) is 9.98 Å². The lowest BCUT2D eigenvalue weighted by Crippen LogP contribution is -2.33. The van der Waals surface area contributed by atoms with Crippen LogP contribution in [0.2, 0.25) is 5.02 Å². The van der Waals surface area contributed by atoms with Crippen LogP contribution < -0.4 is 5.56 Å². The minimum atomic E-state index is -0.136. The first kappa shape index (κ1) is 19.7. The number of aliphatic imine (C=N–C) groups is 1. The van der Waals surface area contributed by atoms with E-state index in [0.717, 1.165) is 17.0 Å². The Morgan fingerprint density at radius 3 is 2.93 bits per heavy atom. The minimum absolute atomic E-state index is 0.0616. The van der Waals surface area contributed by atoms with E-state index >= 15 is 0 Å². The molecule has 3 aromatic rings. The number of fused-ring (bicyclic) bond motifs is 1. The number of aromatic nitrogens is 2. The third-order valence-electron chi connectivity index (χ3n) is 4.83. The molecular weight excluding hydrogens is 408 g/mol. The smallest absolute Gasteiger partial charge is 0.261 e. The van der Waals surface area contributed by atoms with Crippen molar-refractivity contribution in [2.45, 2.75) is 19.9 Å². The largest absolute Gasteiger partial charge is 0.298 e. The molecule has 4 rings (SSSR count). The van der Waals surface area contributed by atoms with Gasteiger partial charge in [0.1, 0.15) is 0 Å². The van der Waals surface area contributed by atoms with Gasteiger partial charge in [-0.1, -0.05) is 41.6 Å². The fourth-order valence-electron chi connectivity index (χ4n) is 3.16. The molecule has 0 spiro atoms. The Hall–Kier alpha value is -2.64. The van der Waals surface area contributed by atoms with E-state index in [9.17, 15) is 9.59 Å². The number of carbonyl (C=O) groups excluding carboxylic acids is 1. The van der Waals surface area contributed by atoms with E-state index in [1.165, 1.54) is 10.9 Å². The third kappa shape index (κ3) is 4.06. The number of halogens is 1. The zero-order valence-electron chi connectivity index (χ0n) is 15.8. The zero-order valence-corrected chi connectivity index (χ0v) is 17.4. The summed E-state index contributed by atoms with van der Waals surface area (Å²) < 4.78 is 1.49. The Bertz CT molecular complexity index is 1170. The van der Waals surface area contributed by atoms with Crippen LogP contribution in [-0.4, -0.2) is 37.8 Å². The molecule has 2 aromatic carbocycles. The number of amides is 1. The molecule has 0 saturated carbocycles. The monoisotopic (exact) mass is 426 g/mol. The molecule has 1 aliphatic heterocycles. The summed E-state index contributed by atoms with van der Waals surface area (Å²) in [5.41, 5.74) is 2.16. The molecule has 29 heavy (non-hydrogen) atoms. The summed E-state index contributed by atoms with van der Waals surface area (Å²) in [5.74, 6) is 0.732. The van der Waals surface area contributed by atoms with E-state index in [1.54, 1.807) is 28.8 Å². The first-order valence-corrected chi connectivity index (χ1v) is 10.6. The van der Waals surface area contributed by atoms with Gasteiger partial charge in [-0.05, 0) is 36.8 Å². The molecule has 1 saturated heterocycles. The summed E-state index contributed by atoms with van der Waals surface area (Å²) in [6.07, 6.45) is 1.70. The number of para-hydroxylation sites is 1. The topological polar surface area (TPSA) is 67.6 Å². The van der Waals surface area contributed by atoms with E-state index in [1.807, 2.05) is 37.3 Å². The van der Waals surface area contributed by atoms with E-state index in [0.29, 0.717) is 27.6 Å². The van der Waals surface area contributed by atoms with Gasteiger partial charge in [0.2, 0.25) is 5.91 Å². The van der Waals surface area contributed by atoms with Gasteiger partial charge in [0.05, 0.1) is 22.9 Å². The Labute approximate surface area is 177 Å². The lowest BCUT2D eigenvalue weighted by molar-refractivity contribution is -0.127. The second-order valence-electron chi connectivity index (χ2n) is 6.68. The number of hydrogen-bond donors (Lipinski definition) is 0. The van der Waals surface area contributed by atoms with Crippen molar-refractivity contribution in [1.29, 1.82) is 0 Å². The summed E-state index contributed by atoms with van der Waals surface area (Å²) in [6.45, 7) is 2.79. The van der Waals surface area contributed by atoms with Gasteiger partial charge in [-0.2, -0.15) is 0 Å². The van der Waals surface area contributed by atoms with Crippen LogP contribution in [0.4, 0.5) is 5.69 Å². The second kappa shape index (κ2) is 8.39. The average Bonchev–Trinajstić information content (AvgIpc) is 3.19. The van der Waals surface area contributed by atoms with E-state index < -0.39 is 0 Å². The first-order chi connectivity index (χ1) is 14.0. The number of carbonyl (C=O) groups is 1. The maximum Gasteiger partial charge on any atom is 0.261 e. The Kier molecular flexibility index (Phi) is 5.69. The fraction of sp³-hybridized carbons (Fsp3) is 0.238. The molecule has 1 amide bonds. The van der Waals surface area contributed by atoms with Crippen LogP contribution in [0.25, 0.3) is 10.9 Å². The highest BCUT2D eigenvalue weighted by Crippen LogP contribution is 2.29. The molecule has 2 heterocycles. The number of rotatable bonds is 4. The molecule has 8 heteroatoms. The van der Waals surface area contributed by atoms with Crippen LogP contribution >= 0.6 is 23.4 Å². The van der Waals surface area contributed by atoms with Gasteiger partial charge in [-0.3, -0.25) is 19.1 Å². The predicted molar refractivity (Wildman–Crippen MR) is 118 cm³/mol. The number of nitrogens with zero attached hydrogens (tertiary/aromatic N) is 4. The lowest BCUT2D eigenvalue weighted by atomic mass is 10.2. The van der Waals surface area contributed by atoms with Crippen LogP contribution in [0.5, 0.6) is 0 Å². The molecule has 1 fully saturated rings. The van der Waals surface area contributed by atoms with E-state index in [4.69, 9.17) is 11.6 Å². The van der Waals surface area contributed by atoms with Crippen molar-refractivity contribution in [3.63, 3.8) is 0 Å². The predicted octanol–water partition coefficient (Wildman–Crippen LogP) is 4.01. The molecule has 0 N–H and O–H groups in total. The maximum atomic E-state index is 12.8. The van der Waals surface area contributed by atoms with Crippen LogP contribution in [-0.2, 0) is 11.3 Å². The minimum Gasteiger partial charge on any atom is -0.298 e. The normalized spacial score (nSPS) is 15.4. The van der Waals surface area contributed by atoms with Gasteiger partial charge in [0, 0.05) is 30.3 Å². The highest BCUT2D eigenvalue weighted by atomic mass is 35.5. The Balaban J connectivity index is 1.51. The van der Waals surface area contributed by atoms with Gasteiger partial charge in [0.25, 0.3) is 5.56 Å². The van der Waals surface area contributed by atoms with Crippen LogP contribution in [0.3, 0.4) is 0 Å². The summed E-state index contributed by atoms with van der Waals surface area (Å²) in [7, 11) is 0. The van der Waals surface area contributed by atoms with Crippen molar-refractivity contribution < 1.29 is 4.79 Å². The quantitative estimate of drug-likeness (QED) is 0.632. The van der Waals surface area contributed by atoms with Gasteiger partial charge >= 0.3 is 0 Å². The molecule has 0 radical (unpaired) electrons. The SMILES string of the molecule is Cc1c(Cl)cccc1N=C1SCCN1C(=O)CCn1cnc2ccccc2c1=O. The number of thioether (sulfide) groups is 1. The van der Waals surface area contributed by atoms with Crippen molar-refractivity contribution in [3.05, 3.63) is 69.7 Å². The number of amidine groups is 1. The van der Waals surface area contributed by atoms with E-state index in [-0.39, 0.29) is 24.4 Å². The number of benzene rings is 2. The lowest BCUT2D eigenvalue weighted by Gasteiger charge is -2.16. The average molecular weight is 427 g/mol. The van der Waals surface area contributed by atoms with Gasteiger partial charge in [-0.25, -0.2) is 9.98 Å². The standard InChI is InChI=1S/C21H19ClN4O2S/c1-14-16(22)6-4-8-17(14)24-21-26(11-12-29-21)19(27)9-10-25-13-23-18-7-3-2-5-15(18)20(25)28/h2-8,13H,9-12H2,1H3. The van der Waals surface area contributed by atoms with Gasteiger partial charge in [-0.15, -0.1) is 0 Å². The molecule has 148 valence electrons. The third-order valence-corrected chi connectivity index (χ3v) is 6.20. The van der Waals surface area contributed by atoms with Crippen molar-refractivity contribution in [2.24, 2.45) is 4.99 Å². The summed E-state index contributed by atoms with van der Waals surface area (Å²) in [6, 6.07) is 12.8. The molecule has 1 aromatic heterocycles. The summed E-state index contributed by atoms with van der Waals surface area (Å²) in [4.78, 5) is 36.1. The van der Waals surface area contributed by atoms with Crippen LogP contribution in [0.1, 0.15) is 12.0 Å². The number of hydrogen-bond acceptors (Lipinski definition) is 5. The van der Waals surface area contributed by atoms with Crippen molar-refractivity contribution in [2.75, 3.05) is 12.3 Å². The first-order valence-electron chi connectivity index (χ1n) is 9.26. The molecule has 1 aliphatic rings. The second-order valence-corrected chi connectivity index (χ2v) is 8.15. The van der Waals surface area contributed by atoms with Crippen molar-refractivity contribution in [1.82, 2.24) is 14.5 Å². The van der Waals surface area contributed by atoms with Crippen LogP contribution in [0, 0.1) is 6.92 Å². The Morgan fingerprint density at radius 2 is 2.07 bits per heavy atom. The molecule has 0 aliphatic carbocycles. The van der Waals surface area contributed by atoms with Crippen molar-refractivity contribution in [3.8, 4) is 0 Å². The summed E-state index contributed by atoms with van der Waals surface area (Å²) >= 11 is 7.72. The molecule has 0 unspecified atom stereocenters. The molecule has 0 bridgehead atoms. The molecule has 0 atom stereocenters. The number of aryl methyl sites for hydroxylation is 1. The highest BCUT2D eigenvalue weighted by molar-refractivity contribution is 8.14. The summed E-state index contributed by atoms with van der Waals surface area (Å²) in [5, 5.41) is 1.87. The van der Waals surface area contributed by atoms with Crippen molar-refractivity contribution >= 4 is 51.0 Å². The highest BCUT2D eigenvalue weighted by Gasteiger charge is 2.26. The zero-order chi connectivity index (χ0) is 20.4. The Morgan fingerprint density at radius 1 is 1.24 bits per heavy atom. The van der Waals surface area contributed by atoms with Crippen LogP contribution in [0.15, 0.2) is 58.6 Å². The van der Waals surface area contributed by atoms with Gasteiger partial charge in [0.15, 0.2) is 5.17 Å². The van der Waals surface area contributed by atoms with Gasteiger partial charge < -0.3 is 0 Å².